The number of hydrogen-bond donors (Lipinski definition) is 3. The molecule has 1 unspecified atom stereocenters. The van der Waals surface area contributed by atoms with Crippen molar-refractivity contribution < 1.29 is 23.8 Å². The van der Waals surface area contributed by atoms with Crippen molar-refractivity contribution >= 4 is 17.7 Å². The van der Waals surface area contributed by atoms with E-state index >= 15 is 0 Å². The van der Waals surface area contributed by atoms with Gasteiger partial charge >= 0.3 is 18.3 Å². The third kappa shape index (κ3) is 3.91. The number of benzene rings is 1. The Labute approximate surface area is 121 Å². The fraction of sp³-hybridized carbons (Fsp3) is 0.385. The third-order valence-corrected chi connectivity index (χ3v) is 2.34. The molecule has 0 spiro atoms. The van der Waals surface area contributed by atoms with Gasteiger partial charge in [0.1, 0.15) is 5.60 Å². The van der Waals surface area contributed by atoms with Crippen molar-refractivity contribution in [3.05, 3.63) is 18.2 Å². The number of fused-ring (bicyclic) bond motifs is 1. The Morgan fingerprint density at radius 3 is 2.52 bits per heavy atom. The molecule has 114 valence electrons. The molecule has 1 aliphatic heterocycles. The van der Waals surface area contributed by atoms with Gasteiger partial charge in [-0.25, -0.2) is 10.2 Å². The van der Waals surface area contributed by atoms with Gasteiger partial charge in [-0.2, -0.15) is 0 Å². The van der Waals surface area contributed by atoms with Crippen molar-refractivity contribution in [1.82, 2.24) is 10.9 Å². The van der Waals surface area contributed by atoms with Gasteiger partial charge in [0.25, 0.3) is 0 Å². The van der Waals surface area contributed by atoms with E-state index in [-0.39, 0.29) is 0 Å². The second-order valence-corrected chi connectivity index (χ2v) is 5.39. The summed E-state index contributed by atoms with van der Waals surface area (Å²) in [4.78, 5) is 23.2. The van der Waals surface area contributed by atoms with E-state index in [1.165, 1.54) is 0 Å². The van der Waals surface area contributed by atoms with E-state index in [0.717, 1.165) is 0 Å². The van der Waals surface area contributed by atoms with E-state index in [1.807, 2.05) is 0 Å². The van der Waals surface area contributed by atoms with Gasteiger partial charge in [0.2, 0.25) is 0 Å². The highest BCUT2D eigenvalue weighted by Gasteiger charge is 2.31. The average Bonchev–Trinajstić information content (AvgIpc) is 2.76. The third-order valence-electron chi connectivity index (χ3n) is 2.34. The highest BCUT2D eigenvalue weighted by atomic mass is 16.7. The highest BCUT2D eigenvalue weighted by Crippen LogP contribution is 2.35. The van der Waals surface area contributed by atoms with Crippen LogP contribution in [0.1, 0.15) is 20.8 Å². The molecule has 0 saturated carbocycles. The van der Waals surface area contributed by atoms with E-state index in [2.05, 4.69) is 10.9 Å². The Hall–Kier alpha value is -2.64. The Kier molecular flexibility index (Phi) is 3.79. The number of amides is 2. The van der Waals surface area contributed by atoms with Gasteiger partial charge in [-0.3, -0.25) is 10.2 Å². The van der Waals surface area contributed by atoms with Gasteiger partial charge in [0, 0.05) is 11.8 Å². The van der Waals surface area contributed by atoms with Crippen LogP contribution in [-0.2, 0) is 9.53 Å². The molecule has 0 radical (unpaired) electrons. The van der Waals surface area contributed by atoms with E-state index in [1.54, 1.807) is 39.0 Å². The molecule has 8 nitrogen and oxygen atoms in total. The molecule has 8 heteroatoms. The average molecular weight is 295 g/mol. The molecule has 1 aliphatic rings. The minimum Gasteiger partial charge on any atom is -0.443 e. The lowest BCUT2D eigenvalue weighted by Crippen LogP contribution is -2.50. The Bertz CT molecular complexity index is 567. The van der Waals surface area contributed by atoms with Gasteiger partial charge in [-0.05, 0) is 32.9 Å². The van der Waals surface area contributed by atoms with Crippen molar-refractivity contribution in [2.24, 2.45) is 0 Å². The van der Waals surface area contributed by atoms with Crippen LogP contribution in [0.2, 0.25) is 0 Å². The highest BCUT2D eigenvalue weighted by molar-refractivity contribution is 5.83. The first-order chi connectivity index (χ1) is 9.74. The number of hydrazine groups is 1. The molecule has 0 fully saturated rings. The molecular formula is C13H17N3O5. The SMILES string of the molecule is CC(C)(C)OC(=O)NNC(=O)C1Oc2ccc(N)cc2O1. The van der Waals surface area contributed by atoms with E-state index < -0.39 is 23.9 Å². The Morgan fingerprint density at radius 2 is 1.86 bits per heavy atom. The summed E-state index contributed by atoms with van der Waals surface area (Å²) in [6.07, 6.45) is -1.98. The Balaban J connectivity index is 1.85. The van der Waals surface area contributed by atoms with E-state index in [9.17, 15) is 9.59 Å². The minimum absolute atomic E-state index is 0.368. The first kappa shape index (κ1) is 14.8. The lowest BCUT2D eigenvalue weighted by Gasteiger charge is -2.20. The summed E-state index contributed by atoms with van der Waals surface area (Å²) in [6, 6.07) is 4.77. The molecule has 0 saturated heterocycles. The molecule has 4 N–H and O–H groups in total. The standard InChI is InChI=1S/C13H17N3O5/c1-13(2,3)21-12(18)16-15-10(17)11-19-8-5-4-7(14)6-9(8)20-11/h4-6,11H,14H2,1-3H3,(H,15,17)(H,16,18). The van der Waals surface area contributed by atoms with Crippen LogP contribution in [0.25, 0.3) is 0 Å². The number of carbonyl (C=O) groups excluding carboxylic acids is 2. The van der Waals surface area contributed by atoms with Gasteiger partial charge in [0.05, 0.1) is 0 Å². The summed E-state index contributed by atoms with van der Waals surface area (Å²) in [6.45, 7) is 5.12. The summed E-state index contributed by atoms with van der Waals surface area (Å²) < 4.78 is 15.5. The molecule has 0 bridgehead atoms. The normalized spacial score (nSPS) is 16.2. The quantitative estimate of drug-likeness (QED) is 0.524. The number of nitrogen functional groups attached to an aromatic ring is 1. The van der Waals surface area contributed by atoms with Crippen molar-refractivity contribution in [1.29, 1.82) is 0 Å². The van der Waals surface area contributed by atoms with Gasteiger partial charge in [-0.15, -0.1) is 0 Å². The lowest BCUT2D eigenvalue weighted by atomic mass is 10.2. The molecule has 1 aromatic carbocycles. The smallest absolute Gasteiger partial charge is 0.426 e. The summed E-state index contributed by atoms with van der Waals surface area (Å²) in [5.74, 6) is 0.102. The van der Waals surface area contributed by atoms with Crippen LogP contribution in [0.4, 0.5) is 10.5 Å². The van der Waals surface area contributed by atoms with Crippen LogP contribution < -0.4 is 26.1 Å². The molecule has 0 aromatic heterocycles. The maximum atomic E-state index is 11.8. The predicted octanol–water partition coefficient (Wildman–Crippen LogP) is 0.922. The zero-order chi connectivity index (χ0) is 15.6. The van der Waals surface area contributed by atoms with Crippen LogP contribution >= 0.6 is 0 Å². The van der Waals surface area contributed by atoms with Crippen molar-refractivity contribution in [3.8, 4) is 11.5 Å². The molecular weight excluding hydrogens is 278 g/mol. The summed E-state index contributed by atoms with van der Waals surface area (Å²) in [5, 5.41) is 0. The molecule has 0 aliphatic carbocycles. The number of nitrogens with two attached hydrogens (primary N) is 1. The van der Waals surface area contributed by atoms with Crippen molar-refractivity contribution in [2.45, 2.75) is 32.7 Å². The lowest BCUT2D eigenvalue weighted by molar-refractivity contribution is -0.137. The summed E-state index contributed by atoms with van der Waals surface area (Å²) in [5.41, 5.74) is 9.69. The number of carbonyl (C=O) groups is 2. The molecule has 2 amide bonds. The molecule has 2 rings (SSSR count). The number of anilines is 1. The topological polar surface area (TPSA) is 112 Å². The van der Waals surface area contributed by atoms with Crippen molar-refractivity contribution in [3.63, 3.8) is 0 Å². The number of nitrogens with one attached hydrogen (secondary N) is 2. The van der Waals surface area contributed by atoms with Gasteiger partial charge in [-0.1, -0.05) is 0 Å². The minimum atomic E-state index is -1.20. The number of hydrogen-bond acceptors (Lipinski definition) is 6. The van der Waals surface area contributed by atoms with Crippen LogP contribution in [0.15, 0.2) is 18.2 Å². The number of rotatable bonds is 1. The van der Waals surface area contributed by atoms with Crippen LogP contribution in [-0.4, -0.2) is 23.9 Å². The molecule has 1 heterocycles. The zero-order valence-electron chi connectivity index (χ0n) is 11.9. The van der Waals surface area contributed by atoms with Crippen LogP contribution in [0.3, 0.4) is 0 Å². The second kappa shape index (κ2) is 5.39. The van der Waals surface area contributed by atoms with Gasteiger partial charge < -0.3 is 19.9 Å². The predicted molar refractivity (Wildman–Crippen MR) is 73.4 cm³/mol. The first-order valence-electron chi connectivity index (χ1n) is 6.26. The van der Waals surface area contributed by atoms with E-state index in [0.29, 0.717) is 17.2 Å². The second-order valence-electron chi connectivity index (χ2n) is 5.39. The molecule has 1 atom stereocenters. The van der Waals surface area contributed by atoms with Gasteiger partial charge in [0.15, 0.2) is 11.5 Å². The largest absolute Gasteiger partial charge is 0.443 e. The fourth-order valence-electron chi connectivity index (χ4n) is 1.55. The first-order valence-corrected chi connectivity index (χ1v) is 6.26. The maximum Gasteiger partial charge on any atom is 0.426 e. The molecule has 21 heavy (non-hydrogen) atoms. The molecule has 1 aromatic rings. The summed E-state index contributed by atoms with van der Waals surface area (Å²) >= 11 is 0. The fourth-order valence-corrected chi connectivity index (χ4v) is 1.55. The summed E-state index contributed by atoms with van der Waals surface area (Å²) in [7, 11) is 0. The van der Waals surface area contributed by atoms with Crippen molar-refractivity contribution in [2.75, 3.05) is 5.73 Å². The monoisotopic (exact) mass is 295 g/mol. The maximum absolute atomic E-state index is 11.8. The Morgan fingerprint density at radius 1 is 1.19 bits per heavy atom. The van der Waals surface area contributed by atoms with E-state index in [4.69, 9.17) is 19.9 Å². The zero-order valence-corrected chi connectivity index (χ0v) is 11.9. The number of ether oxygens (including phenoxy) is 3. The van der Waals surface area contributed by atoms with Crippen LogP contribution in [0.5, 0.6) is 11.5 Å². The van der Waals surface area contributed by atoms with Crippen LogP contribution in [0, 0.1) is 0 Å².